The van der Waals surface area contributed by atoms with Crippen molar-refractivity contribution in [1.29, 1.82) is 0 Å². The molecule has 1 saturated heterocycles. The van der Waals surface area contributed by atoms with Gasteiger partial charge < -0.3 is 24.0 Å². The van der Waals surface area contributed by atoms with Crippen LogP contribution in [0.5, 0.6) is 11.5 Å². The third kappa shape index (κ3) is 10.7. The maximum absolute atomic E-state index is 16.9. The van der Waals surface area contributed by atoms with Crippen molar-refractivity contribution in [2.24, 2.45) is 10.8 Å². The summed E-state index contributed by atoms with van der Waals surface area (Å²) in [7, 11) is 0. The Bertz CT molecular complexity index is 5270. The molecule has 0 radical (unpaired) electrons. The van der Waals surface area contributed by atoms with E-state index in [0.717, 1.165) is 136 Å². The third-order valence-corrected chi connectivity index (χ3v) is 23.2. The van der Waals surface area contributed by atoms with Crippen LogP contribution in [0, 0.1) is 34.1 Å². The van der Waals surface area contributed by atoms with Crippen molar-refractivity contribution in [2.75, 3.05) is 36.2 Å². The number of hydrogen-bond donors (Lipinski definition) is 0. The molecule has 0 bridgehead atoms. The van der Waals surface area contributed by atoms with E-state index in [-0.39, 0.29) is 22.2 Å². The van der Waals surface area contributed by atoms with Gasteiger partial charge in [-0.2, -0.15) is 0 Å². The van der Waals surface area contributed by atoms with Crippen LogP contribution in [0.3, 0.4) is 0 Å². The zero-order chi connectivity index (χ0) is 70.3. The number of halogens is 4. The number of nitrogens with zero attached hydrogens (tertiary/aromatic N) is 2. The normalized spacial score (nSPS) is 17.1. The molecular weight excluding hydrogens is 1290 g/mol. The fourth-order valence-corrected chi connectivity index (χ4v) is 17.2. The van der Waals surface area contributed by atoms with Gasteiger partial charge in [-0.3, -0.25) is 0 Å². The fraction of sp³-hybridized carbons (Fsp3) is 0.158. The molecule has 1 saturated carbocycles. The largest absolute Gasteiger partial charge is 0.493 e. The van der Waals surface area contributed by atoms with Crippen LogP contribution in [0.15, 0.2) is 303 Å². The average molecular weight is 1370 g/mol. The predicted molar refractivity (Wildman–Crippen MR) is 412 cm³/mol. The van der Waals surface area contributed by atoms with E-state index in [1.54, 1.807) is 0 Å². The molecule has 2 unspecified atom stereocenters. The summed E-state index contributed by atoms with van der Waals surface area (Å²) in [6.45, 7) is 7.06. The molecule has 14 aromatic rings. The van der Waals surface area contributed by atoms with Crippen LogP contribution in [-0.2, 0) is 15.6 Å². The third-order valence-electron chi connectivity index (χ3n) is 23.2. The summed E-state index contributed by atoms with van der Waals surface area (Å²) in [5.74, 6) is -1.20. The minimum atomic E-state index is -0.859. The summed E-state index contributed by atoms with van der Waals surface area (Å²) < 4.78 is 82.7. The molecule has 2 fully saturated rings. The van der Waals surface area contributed by atoms with Gasteiger partial charge in [0.2, 0.25) is 0 Å². The predicted octanol–water partition coefficient (Wildman–Crippen LogP) is 24.6. The van der Waals surface area contributed by atoms with E-state index in [9.17, 15) is 0 Å². The first-order valence-electron chi connectivity index (χ1n) is 36.2. The molecule has 3 aliphatic carbocycles. The maximum atomic E-state index is 16.9. The second-order valence-electron chi connectivity index (χ2n) is 28.8. The van der Waals surface area contributed by atoms with Crippen molar-refractivity contribution in [1.82, 2.24) is 0 Å². The van der Waals surface area contributed by atoms with Crippen LogP contribution in [0.2, 0.25) is 0 Å². The van der Waals surface area contributed by atoms with Gasteiger partial charge in [-0.1, -0.05) is 202 Å². The van der Waals surface area contributed by atoms with Gasteiger partial charge in [-0.25, -0.2) is 17.6 Å². The Hall–Kier alpha value is -11.5. The number of hydrogen-bond acceptors (Lipinski definition) is 5. The van der Waals surface area contributed by atoms with Crippen LogP contribution < -0.4 is 19.3 Å². The van der Waals surface area contributed by atoms with E-state index in [1.165, 1.54) is 43.5 Å². The highest BCUT2D eigenvalue weighted by Crippen LogP contribution is 2.60. The Morgan fingerprint density at radius 2 is 0.721 bits per heavy atom. The van der Waals surface area contributed by atoms with E-state index >= 15 is 17.6 Å². The summed E-state index contributed by atoms with van der Waals surface area (Å²) in [4.78, 5) is 3.73. The summed E-state index contributed by atoms with van der Waals surface area (Å²) >= 11 is 0. The molecule has 4 aliphatic rings. The summed E-state index contributed by atoms with van der Waals surface area (Å²) in [5, 5.41) is 4.45. The molecular formula is C95H74F4N2O3. The molecule has 9 heteroatoms. The zero-order valence-electron chi connectivity index (χ0n) is 57.9. The number of rotatable bonds is 19. The lowest BCUT2D eigenvalue weighted by Gasteiger charge is -2.40. The Kier molecular flexibility index (Phi) is 16.0. The van der Waals surface area contributed by atoms with Crippen LogP contribution >= 0.6 is 0 Å². The Morgan fingerprint density at radius 3 is 1.12 bits per heavy atom. The molecule has 104 heavy (non-hydrogen) atoms. The highest BCUT2D eigenvalue weighted by molar-refractivity contribution is 5.94. The lowest BCUT2D eigenvalue weighted by molar-refractivity contribution is -0.133. The molecule has 0 aromatic heterocycles. The second-order valence-corrected chi connectivity index (χ2v) is 28.8. The molecule has 510 valence electrons. The maximum Gasteiger partial charge on any atom is 0.150 e. The summed E-state index contributed by atoms with van der Waals surface area (Å²) in [5.41, 5.74) is 16.0. The van der Waals surface area contributed by atoms with Crippen molar-refractivity contribution in [3.63, 3.8) is 0 Å². The Labute approximate surface area is 603 Å². The topological polar surface area (TPSA) is 34.2 Å². The minimum absolute atomic E-state index is 0.000103. The van der Waals surface area contributed by atoms with Crippen molar-refractivity contribution in [3.05, 3.63) is 371 Å². The van der Waals surface area contributed by atoms with Gasteiger partial charge in [-0.15, -0.1) is 0 Å². The number of fused-ring (bicyclic) bond motifs is 8. The molecule has 0 spiro atoms. The van der Waals surface area contributed by atoms with E-state index < -0.39 is 34.1 Å². The number of anilines is 6. The van der Waals surface area contributed by atoms with Gasteiger partial charge in [-0.05, 0) is 234 Å². The van der Waals surface area contributed by atoms with Gasteiger partial charge in [0.15, 0.2) is 0 Å². The fourth-order valence-electron chi connectivity index (χ4n) is 17.2. The highest BCUT2D eigenvalue weighted by atomic mass is 19.1. The molecule has 1 heterocycles. The quantitative estimate of drug-likeness (QED) is 0.0754. The highest BCUT2D eigenvalue weighted by Gasteiger charge is 2.49. The SMILES string of the molecule is CCC1(COc2ccc(C3(c4ccc5ccccc5c4)c4ccccc4-c4ccc(N(c5ccc(-c6ccc(N(c7ccc8c(c7)C(c7ccc(OCC9(CC)COC9)cc7)(c7ccc9ccccc9c7)c7ccccc7-8)c7ccc(F)cc7F)cc6)cc5)c5ccc(F)cc5F)cc43)cc2)CCC1. The lowest BCUT2D eigenvalue weighted by Crippen LogP contribution is -2.46. The molecule has 1 aliphatic heterocycles. The van der Waals surface area contributed by atoms with Gasteiger partial charge in [0, 0.05) is 40.3 Å². The Morgan fingerprint density at radius 1 is 0.337 bits per heavy atom. The van der Waals surface area contributed by atoms with Crippen molar-refractivity contribution in [2.45, 2.75) is 56.8 Å². The second kappa shape index (κ2) is 25.8. The van der Waals surface area contributed by atoms with E-state index in [4.69, 9.17) is 14.2 Å². The first-order valence-corrected chi connectivity index (χ1v) is 36.2. The van der Waals surface area contributed by atoms with Gasteiger partial charge in [0.05, 0.1) is 54.0 Å². The molecule has 0 amide bonds. The number of ether oxygens (including phenoxy) is 3. The first-order chi connectivity index (χ1) is 50.9. The average Bonchev–Trinajstić information content (AvgIpc) is 1.53. The van der Waals surface area contributed by atoms with Gasteiger partial charge in [0.25, 0.3) is 0 Å². The smallest absolute Gasteiger partial charge is 0.150 e. The van der Waals surface area contributed by atoms with E-state index in [0.29, 0.717) is 49.2 Å². The molecule has 14 aromatic carbocycles. The molecule has 2 atom stereocenters. The Balaban J connectivity index is 0.728. The van der Waals surface area contributed by atoms with E-state index in [2.05, 4.69) is 220 Å². The van der Waals surface area contributed by atoms with Crippen LogP contribution in [0.4, 0.5) is 51.7 Å². The first kappa shape index (κ1) is 64.6. The molecule has 5 nitrogen and oxygen atoms in total. The molecule has 18 rings (SSSR count). The summed E-state index contributed by atoms with van der Waals surface area (Å²) in [6, 6.07) is 101. The molecule has 0 N–H and O–H groups in total. The van der Waals surface area contributed by atoms with Crippen LogP contribution in [0.25, 0.3) is 54.9 Å². The van der Waals surface area contributed by atoms with Crippen molar-refractivity contribution in [3.8, 4) is 44.9 Å². The minimum Gasteiger partial charge on any atom is -0.493 e. The zero-order valence-corrected chi connectivity index (χ0v) is 57.9. The van der Waals surface area contributed by atoms with Crippen molar-refractivity contribution >= 4 is 55.7 Å². The van der Waals surface area contributed by atoms with Crippen LogP contribution in [-0.4, -0.2) is 26.4 Å². The van der Waals surface area contributed by atoms with Gasteiger partial charge in [0.1, 0.15) is 34.8 Å². The standard InChI is InChI=1S/C95H74F4N2O3/c1-3-92(50-13-51-92)60-103-78-42-30-68(31-43-78)94(70-28-22-62-14-5-7-16-66(62)52-70)84-20-11-9-18-80(84)82-46-40-76(56-86(82)94)100(90-48-34-72(96)54-88(90)98)74-36-24-64(25-37-74)65-26-38-75(39-27-65)101(91-49-35-73(97)55-89(91)99)77-41-47-83-81-19-10-12-21-85(81)95(87(83)57-77,71-29-23-63-15-6-8-17-67(63)53-71)69-32-44-79(45-33-69)104-61-93(4-2)58-102-59-93/h5-12,14-49,52-57H,3-4,13,50-51,58-61H2,1-2H3. The monoisotopic (exact) mass is 1370 g/mol. The summed E-state index contributed by atoms with van der Waals surface area (Å²) in [6.07, 6.45) is 5.65. The van der Waals surface area contributed by atoms with E-state index in [1.807, 2.05) is 70.5 Å². The van der Waals surface area contributed by atoms with Crippen molar-refractivity contribution < 1.29 is 31.8 Å². The van der Waals surface area contributed by atoms with Crippen LogP contribution in [0.1, 0.15) is 90.5 Å². The lowest BCUT2D eigenvalue weighted by atomic mass is 9.67. The number of benzene rings is 14. The van der Waals surface area contributed by atoms with Gasteiger partial charge >= 0.3 is 0 Å².